The number of fused-ring (bicyclic) bond motifs is 1. The van der Waals surface area contributed by atoms with Crippen LogP contribution in [0.5, 0.6) is 0 Å². The number of benzene rings is 2. The van der Waals surface area contributed by atoms with E-state index in [1.165, 1.54) is 11.1 Å². The minimum absolute atomic E-state index is 0.881. The van der Waals surface area contributed by atoms with Crippen molar-refractivity contribution >= 4 is 11.0 Å². The molecule has 84 valence electrons. The predicted octanol–water partition coefficient (Wildman–Crippen LogP) is 3.16. The van der Waals surface area contributed by atoms with Gasteiger partial charge in [-0.05, 0) is 17.7 Å². The summed E-state index contributed by atoms with van der Waals surface area (Å²) < 4.78 is 2.17. The van der Waals surface area contributed by atoms with Gasteiger partial charge in [-0.1, -0.05) is 42.5 Å². The molecule has 1 aromatic heterocycles. The van der Waals surface area contributed by atoms with Crippen molar-refractivity contribution in [1.82, 2.24) is 9.55 Å². The number of aromatic nitrogens is 2. The third-order valence-corrected chi connectivity index (χ3v) is 3.08. The quantitative estimate of drug-likeness (QED) is 0.651. The standard InChI is InChI=1S/C15H14N2/c1-17-14-10-6-5-9-13(14)16-15(17)11-12-7-3-2-4-8-12/h2-10H,11H2,1H3. The van der Waals surface area contributed by atoms with E-state index in [1.807, 2.05) is 12.1 Å². The van der Waals surface area contributed by atoms with Crippen LogP contribution in [0, 0.1) is 0 Å². The Morgan fingerprint density at radius 2 is 1.65 bits per heavy atom. The molecule has 0 unspecified atom stereocenters. The molecule has 0 amide bonds. The van der Waals surface area contributed by atoms with Crippen LogP contribution in [-0.4, -0.2) is 9.55 Å². The van der Waals surface area contributed by atoms with Gasteiger partial charge >= 0.3 is 0 Å². The summed E-state index contributed by atoms with van der Waals surface area (Å²) in [7, 11) is 2.08. The summed E-state index contributed by atoms with van der Waals surface area (Å²) in [5.74, 6) is 1.11. The topological polar surface area (TPSA) is 17.8 Å². The van der Waals surface area contributed by atoms with Gasteiger partial charge in [-0.2, -0.15) is 0 Å². The van der Waals surface area contributed by atoms with E-state index in [2.05, 4.69) is 59.1 Å². The first-order chi connectivity index (χ1) is 8.34. The second-order valence-electron chi connectivity index (χ2n) is 4.24. The maximum absolute atomic E-state index is 4.67. The molecule has 2 heteroatoms. The van der Waals surface area contributed by atoms with Crippen LogP contribution in [0.3, 0.4) is 0 Å². The van der Waals surface area contributed by atoms with E-state index in [1.54, 1.807) is 0 Å². The maximum Gasteiger partial charge on any atom is 0.114 e. The lowest BCUT2D eigenvalue weighted by molar-refractivity contribution is 0.845. The third-order valence-electron chi connectivity index (χ3n) is 3.08. The van der Waals surface area contributed by atoms with Gasteiger partial charge in [0.25, 0.3) is 0 Å². The minimum atomic E-state index is 0.881. The van der Waals surface area contributed by atoms with E-state index in [4.69, 9.17) is 0 Å². The fraction of sp³-hybridized carbons (Fsp3) is 0.133. The second-order valence-corrected chi connectivity index (χ2v) is 4.24. The number of hydrogen-bond donors (Lipinski definition) is 0. The van der Waals surface area contributed by atoms with Crippen molar-refractivity contribution in [2.75, 3.05) is 0 Å². The molecule has 0 radical (unpaired) electrons. The molecule has 0 fully saturated rings. The van der Waals surface area contributed by atoms with E-state index >= 15 is 0 Å². The van der Waals surface area contributed by atoms with Crippen LogP contribution in [0.2, 0.25) is 0 Å². The highest BCUT2D eigenvalue weighted by molar-refractivity contribution is 5.75. The fourth-order valence-corrected chi connectivity index (χ4v) is 2.13. The van der Waals surface area contributed by atoms with Crippen LogP contribution in [0.1, 0.15) is 11.4 Å². The molecule has 0 atom stereocenters. The van der Waals surface area contributed by atoms with Gasteiger partial charge in [0, 0.05) is 13.5 Å². The minimum Gasteiger partial charge on any atom is -0.331 e. The molecule has 3 aromatic rings. The lowest BCUT2D eigenvalue weighted by atomic mass is 10.1. The summed E-state index contributed by atoms with van der Waals surface area (Å²) in [5, 5.41) is 0. The summed E-state index contributed by atoms with van der Waals surface area (Å²) in [6.07, 6.45) is 0.881. The molecular formula is C15H14N2. The fourth-order valence-electron chi connectivity index (χ4n) is 2.13. The third kappa shape index (κ3) is 1.82. The maximum atomic E-state index is 4.67. The molecule has 17 heavy (non-hydrogen) atoms. The molecule has 0 aliphatic heterocycles. The van der Waals surface area contributed by atoms with Gasteiger partial charge in [-0.15, -0.1) is 0 Å². The number of para-hydroxylation sites is 2. The second kappa shape index (κ2) is 4.06. The van der Waals surface area contributed by atoms with Gasteiger partial charge in [0.15, 0.2) is 0 Å². The number of rotatable bonds is 2. The molecule has 0 N–H and O–H groups in total. The van der Waals surface area contributed by atoms with Gasteiger partial charge in [0.05, 0.1) is 11.0 Å². The van der Waals surface area contributed by atoms with Crippen molar-refractivity contribution in [3.63, 3.8) is 0 Å². The number of aryl methyl sites for hydroxylation is 1. The van der Waals surface area contributed by atoms with E-state index in [-0.39, 0.29) is 0 Å². The molecule has 0 aliphatic carbocycles. The molecule has 0 spiro atoms. The van der Waals surface area contributed by atoms with Crippen LogP contribution in [0.4, 0.5) is 0 Å². The number of imidazole rings is 1. The number of nitrogens with zero attached hydrogens (tertiary/aromatic N) is 2. The summed E-state index contributed by atoms with van der Waals surface area (Å²) in [6.45, 7) is 0. The van der Waals surface area contributed by atoms with E-state index in [9.17, 15) is 0 Å². The Bertz CT molecular complexity index is 638. The van der Waals surface area contributed by atoms with Gasteiger partial charge in [0.1, 0.15) is 5.82 Å². The van der Waals surface area contributed by atoms with Crippen LogP contribution in [0.25, 0.3) is 11.0 Å². The van der Waals surface area contributed by atoms with Crippen LogP contribution < -0.4 is 0 Å². The normalized spacial score (nSPS) is 10.9. The largest absolute Gasteiger partial charge is 0.331 e. The van der Waals surface area contributed by atoms with Crippen LogP contribution >= 0.6 is 0 Å². The molecule has 3 rings (SSSR count). The summed E-state index contributed by atoms with van der Waals surface area (Å²) in [6, 6.07) is 18.7. The molecule has 0 aliphatic rings. The van der Waals surface area contributed by atoms with Crippen molar-refractivity contribution in [3.8, 4) is 0 Å². The lowest BCUT2D eigenvalue weighted by Gasteiger charge is -2.02. The zero-order valence-corrected chi connectivity index (χ0v) is 9.80. The van der Waals surface area contributed by atoms with Crippen LogP contribution in [0.15, 0.2) is 54.6 Å². The predicted molar refractivity (Wildman–Crippen MR) is 70.0 cm³/mol. The lowest BCUT2D eigenvalue weighted by Crippen LogP contribution is -1.98. The Labute approximate surface area is 101 Å². The van der Waals surface area contributed by atoms with Crippen molar-refractivity contribution in [1.29, 1.82) is 0 Å². The summed E-state index contributed by atoms with van der Waals surface area (Å²) >= 11 is 0. The molecule has 0 saturated carbocycles. The zero-order chi connectivity index (χ0) is 11.7. The Kier molecular flexibility index (Phi) is 2.41. The Balaban J connectivity index is 2.04. The first-order valence-corrected chi connectivity index (χ1v) is 5.79. The van der Waals surface area contributed by atoms with Crippen LogP contribution in [-0.2, 0) is 13.5 Å². The van der Waals surface area contributed by atoms with Crippen molar-refractivity contribution in [3.05, 3.63) is 66.0 Å². The van der Waals surface area contributed by atoms with Gasteiger partial charge in [0.2, 0.25) is 0 Å². The monoisotopic (exact) mass is 222 g/mol. The average molecular weight is 222 g/mol. The first kappa shape index (κ1) is 10.1. The van der Waals surface area contributed by atoms with Crippen molar-refractivity contribution in [2.24, 2.45) is 7.05 Å². The highest BCUT2D eigenvalue weighted by Gasteiger charge is 2.06. The Hall–Kier alpha value is -2.09. The highest BCUT2D eigenvalue weighted by atomic mass is 15.1. The highest BCUT2D eigenvalue weighted by Crippen LogP contribution is 2.16. The molecule has 0 saturated heterocycles. The average Bonchev–Trinajstić information content (AvgIpc) is 2.68. The van der Waals surface area contributed by atoms with Gasteiger partial charge in [-0.25, -0.2) is 4.98 Å². The molecule has 1 heterocycles. The van der Waals surface area contributed by atoms with Crippen molar-refractivity contribution in [2.45, 2.75) is 6.42 Å². The molecule has 0 bridgehead atoms. The van der Waals surface area contributed by atoms with Crippen molar-refractivity contribution < 1.29 is 0 Å². The summed E-state index contributed by atoms with van der Waals surface area (Å²) in [5.41, 5.74) is 3.56. The first-order valence-electron chi connectivity index (χ1n) is 5.79. The Morgan fingerprint density at radius 3 is 2.41 bits per heavy atom. The van der Waals surface area contributed by atoms with E-state index in [0.717, 1.165) is 17.8 Å². The summed E-state index contributed by atoms with van der Waals surface area (Å²) in [4.78, 5) is 4.67. The van der Waals surface area contributed by atoms with E-state index in [0.29, 0.717) is 0 Å². The van der Waals surface area contributed by atoms with Gasteiger partial charge in [-0.3, -0.25) is 0 Å². The van der Waals surface area contributed by atoms with Gasteiger partial charge < -0.3 is 4.57 Å². The molecule has 2 nitrogen and oxygen atoms in total. The molecule has 2 aromatic carbocycles. The van der Waals surface area contributed by atoms with E-state index < -0.39 is 0 Å². The zero-order valence-electron chi connectivity index (χ0n) is 9.80. The molecular weight excluding hydrogens is 208 g/mol. The smallest absolute Gasteiger partial charge is 0.114 e. The number of hydrogen-bond acceptors (Lipinski definition) is 1. The Morgan fingerprint density at radius 1 is 0.941 bits per heavy atom. The SMILES string of the molecule is Cn1c(Cc2ccccc2)nc2ccccc21.